The largest absolute Gasteiger partial charge is 0.481 e. The molecule has 20 heavy (non-hydrogen) atoms. The van der Waals surface area contributed by atoms with Gasteiger partial charge in [-0.3, -0.25) is 14.3 Å². The molecule has 3 unspecified atom stereocenters. The molecule has 0 saturated carbocycles. The number of hydrogen-bond acceptors (Lipinski definition) is 3. The standard InChI is InChI=1S/C14H21N3O3/c1-9-8-12(18)17(10(2)13(9)14(19)20)7-5-11-4-6-15-16(11)3/h4,6,9-10,13H,5,7-8H2,1-3H3,(H,19,20). The normalized spacial score (nSPS) is 26.9. The maximum absolute atomic E-state index is 12.1. The summed E-state index contributed by atoms with van der Waals surface area (Å²) in [7, 11) is 1.86. The summed E-state index contributed by atoms with van der Waals surface area (Å²) >= 11 is 0. The topological polar surface area (TPSA) is 75.4 Å². The molecule has 0 spiro atoms. The van der Waals surface area contributed by atoms with Gasteiger partial charge in [-0.15, -0.1) is 0 Å². The van der Waals surface area contributed by atoms with Gasteiger partial charge >= 0.3 is 5.97 Å². The van der Waals surface area contributed by atoms with Crippen LogP contribution in [0.5, 0.6) is 0 Å². The minimum absolute atomic E-state index is 0.0460. The number of amides is 1. The lowest BCUT2D eigenvalue weighted by atomic mass is 9.81. The molecule has 2 rings (SSSR count). The molecule has 0 radical (unpaired) electrons. The Kier molecular flexibility index (Phi) is 4.11. The van der Waals surface area contributed by atoms with Gasteiger partial charge in [0.2, 0.25) is 5.91 Å². The van der Waals surface area contributed by atoms with Crippen LogP contribution in [0.4, 0.5) is 0 Å². The Morgan fingerprint density at radius 1 is 1.50 bits per heavy atom. The van der Waals surface area contributed by atoms with Crippen molar-refractivity contribution in [2.45, 2.75) is 32.7 Å². The van der Waals surface area contributed by atoms with Crippen molar-refractivity contribution >= 4 is 11.9 Å². The number of carbonyl (C=O) groups is 2. The first kappa shape index (κ1) is 14.6. The quantitative estimate of drug-likeness (QED) is 0.889. The highest BCUT2D eigenvalue weighted by Gasteiger charge is 2.41. The van der Waals surface area contributed by atoms with Gasteiger partial charge in [-0.25, -0.2) is 0 Å². The number of carboxylic acid groups (broad SMARTS) is 1. The molecule has 6 heteroatoms. The van der Waals surface area contributed by atoms with Crippen molar-refractivity contribution in [3.05, 3.63) is 18.0 Å². The molecular weight excluding hydrogens is 258 g/mol. The van der Waals surface area contributed by atoms with Crippen LogP contribution in [-0.2, 0) is 23.1 Å². The number of aryl methyl sites for hydroxylation is 1. The molecule has 0 aliphatic carbocycles. The summed E-state index contributed by atoms with van der Waals surface area (Å²) in [5.74, 6) is -1.37. The average molecular weight is 279 g/mol. The lowest BCUT2D eigenvalue weighted by Gasteiger charge is -2.40. The molecule has 110 valence electrons. The van der Waals surface area contributed by atoms with Gasteiger partial charge in [0.1, 0.15) is 0 Å². The van der Waals surface area contributed by atoms with E-state index in [-0.39, 0.29) is 17.9 Å². The van der Waals surface area contributed by atoms with Gasteiger partial charge in [-0.05, 0) is 18.9 Å². The number of aliphatic carboxylic acids is 1. The number of aromatic nitrogens is 2. The fourth-order valence-corrected chi connectivity index (χ4v) is 3.08. The summed E-state index contributed by atoms with van der Waals surface area (Å²) in [6.07, 6.45) is 2.72. The zero-order valence-electron chi connectivity index (χ0n) is 12.1. The smallest absolute Gasteiger partial charge is 0.308 e. The molecule has 0 aromatic carbocycles. The van der Waals surface area contributed by atoms with E-state index in [0.717, 1.165) is 5.69 Å². The highest BCUT2D eigenvalue weighted by Crippen LogP contribution is 2.30. The third-order valence-corrected chi connectivity index (χ3v) is 4.26. The van der Waals surface area contributed by atoms with E-state index in [9.17, 15) is 14.7 Å². The van der Waals surface area contributed by atoms with Crippen LogP contribution >= 0.6 is 0 Å². The molecule has 1 N–H and O–H groups in total. The predicted molar refractivity (Wildman–Crippen MR) is 73.0 cm³/mol. The summed E-state index contributed by atoms with van der Waals surface area (Å²) in [5, 5.41) is 13.4. The number of nitrogens with zero attached hydrogens (tertiary/aromatic N) is 3. The molecule has 0 bridgehead atoms. The second-order valence-electron chi connectivity index (χ2n) is 5.57. The van der Waals surface area contributed by atoms with Crippen LogP contribution in [0.15, 0.2) is 12.3 Å². The zero-order chi connectivity index (χ0) is 14.9. The predicted octanol–water partition coefficient (Wildman–Crippen LogP) is 0.920. The molecular formula is C14H21N3O3. The van der Waals surface area contributed by atoms with E-state index in [1.165, 1.54) is 0 Å². The molecule has 6 nitrogen and oxygen atoms in total. The summed E-state index contributed by atoms with van der Waals surface area (Å²) in [6.45, 7) is 4.21. The van der Waals surface area contributed by atoms with Crippen molar-refractivity contribution in [3.63, 3.8) is 0 Å². The minimum atomic E-state index is -0.817. The van der Waals surface area contributed by atoms with Gasteiger partial charge in [0.25, 0.3) is 0 Å². The van der Waals surface area contributed by atoms with Gasteiger partial charge < -0.3 is 10.0 Å². The van der Waals surface area contributed by atoms with Crippen LogP contribution in [-0.4, -0.2) is 44.3 Å². The summed E-state index contributed by atoms with van der Waals surface area (Å²) < 4.78 is 1.77. The first-order chi connectivity index (χ1) is 9.41. The van der Waals surface area contributed by atoms with Crippen molar-refractivity contribution in [2.75, 3.05) is 6.54 Å². The Balaban J connectivity index is 2.07. The maximum Gasteiger partial charge on any atom is 0.308 e. The fourth-order valence-electron chi connectivity index (χ4n) is 3.08. The molecule has 2 heterocycles. The van der Waals surface area contributed by atoms with Crippen LogP contribution in [0.25, 0.3) is 0 Å². The second-order valence-corrected chi connectivity index (χ2v) is 5.57. The highest BCUT2D eigenvalue weighted by molar-refractivity contribution is 5.81. The fraction of sp³-hybridized carbons (Fsp3) is 0.643. The van der Waals surface area contributed by atoms with E-state index in [1.807, 2.05) is 27.0 Å². The van der Waals surface area contributed by atoms with E-state index in [4.69, 9.17) is 0 Å². The molecule has 1 fully saturated rings. The Labute approximate surface area is 118 Å². The zero-order valence-corrected chi connectivity index (χ0v) is 12.1. The Morgan fingerprint density at radius 3 is 2.75 bits per heavy atom. The third-order valence-electron chi connectivity index (χ3n) is 4.26. The van der Waals surface area contributed by atoms with Crippen LogP contribution in [0.2, 0.25) is 0 Å². The number of hydrogen-bond donors (Lipinski definition) is 1. The third kappa shape index (κ3) is 2.69. The first-order valence-electron chi connectivity index (χ1n) is 6.91. The molecule has 1 saturated heterocycles. The van der Waals surface area contributed by atoms with E-state index >= 15 is 0 Å². The Bertz CT molecular complexity index is 512. The maximum atomic E-state index is 12.1. The summed E-state index contributed by atoms with van der Waals surface area (Å²) in [6, 6.07) is 1.65. The number of likely N-dealkylation sites (tertiary alicyclic amines) is 1. The monoisotopic (exact) mass is 279 g/mol. The summed E-state index contributed by atoms with van der Waals surface area (Å²) in [5.41, 5.74) is 1.04. The van der Waals surface area contributed by atoms with Gasteiger partial charge in [-0.2, -0.15) is 5.10 Å². The number of rotatable bonds is 4. The molecule has 1 amide bonds. The van der Waals surface area contributed by atoms with E-state index in [2.05, 4.69) is 5.10 Å². The van der Waals surface area contributed by atoms with E-state index < -0.39 is 11.9 Å². The molecule has 1 aliphatic heterocycles. The average Bonchev–Trinajstić information content (AvgIpc) is 2.73. The molecule has 1 aromatic rings. The number of carboxylic acids is 1. The number of carbonyl (C=O) groups excluding carboxylic acids is 1. The van der Waals surface area contributed by atoms with Crippen molar-refractivity contribution in [1.82, 2.24) is 14.7 Å². The molecule has 1 aromatic heterocycles. The minimum Gasteiger partial charge on any atom is -0.481 e. The van der Waals surface area contributed by atoms with Crippen molar-refractivity contribution < 1.29 is 14.7 Å². The number of piperidine rings is 1. The lowest BCUT2D eigenvalue weighted by molar-refractivity contribution is -0.154. The second kappa shape index (κ2) is 5.64. The highest BCUT2D eigenvalue weighted by atomic mass is 16.4. The Morgan fingerprint density at radius 2 is 2.20 bits per heavy atom. The van der Waals surface area contributed by atoms with Crippen LogP contribution in [0.1, 0.15) is 26.0 Å². The van der Waals surface area contributed by atoms with E-state index in [1.54, 1.807) is 15.8 Å². The van der Waals surface area contributed by atoms with Crippen LogP contribution < -0.4 is 0 Å². The van der Waals surface area contributed by atoms with Crippen molar-refractivity contribution in [2.24, 2.45) is 18.9 Å². The van der Waals surface area contributed by atoms with Gasteiger partial charge in [0, 0.05) is 44.4 Å². The van der Waals surface area contributed by atoms with Crippen LogP contribution in [0, 0.1) is 11.8 Å². The lowest BCUT2D eigenvalue weighted by Crippen LogP contribution is -2.53. The van der Waals surface area contributed by atoms with Crippen molar-refractivity contribution in [3.8, 4) is 0 Å². The van der Waals surface area contributed by atoms with Gasteiger partial charge in [0.05, 0.1) is 5.92 Å². The van der Waals surface area contributed by atoms with E-state index in [0.29, 0.717) is 19.4 Å². The molecule has 1 aliphatic rings. The van der Waals surface area contributed by atoms with Crippen molar-refractivity contribution in [1.29, 1.82) is 0 Å². The first-order valence-corrected chi connectivity index (χ1v) is 6.91. The van der Waals surface area contributed by atoms with Gasteiger partial charge in [0.15, 0.2) is 0 Å². The van der Waals surface area contributed by atoms with Crippen LogP contribution in [0.3, 0.4) is 0 Å². The Hall–Kier alpha value is -1.85. The SMILES string of the molecule is CC1CC(=O)N(CCc2ccnn2C)C(C)C1C(=O)O. The van der Waals surface area contributed by atoms with Gasteiger partial charge in [-0.1, -0.05) is 6.92 Å². The summed E-state index contributed by atoms with van der Waals surface area (Å²) in [4.78, 5) is 25.2. The molecule has 3 atom stereocenters.